The van der Waals surface area contributed by atoms with Crippen molar-refractivity contribution in [2.24, 2.45) is 0 Å². The van der Waals surface area contributed by atoms with Crippen molar-refractivity contribution in [3.8, 4) is 17.0 Å². The maximum atomic E-state index is 14.8. The predicted molar refractivity (Wildman–Crippen MR) is 106 cm³/mol. The van der Waals surface area contributed by atoms with Crippen molar-refractivity contribution in [2.45, 2.75) is 25.1 Å². The van der Waals surface area contributed by atoms with Gasteiger partial charge in [-0.05, 0) is 26.0 Å². The highest BCUT2D eigenvalue weighted by atomic mass is 19.1. The highest BCUT2D eigenvalue weighted by molar-refractivity contribution is 5.84. The van der Waals surface area contributed by atoms with Crippen LogP contribution in [0.2, 0.25) is 0 Å². The van der Waals surface area contributed by atoms with Crippen molar-refractivity contribution >= 4 is 17.2 Å². The van der Waals surface area contributed by atoms with Crippen LogP contribution in [-0.2, 0) is 0 Å². The van der Waals surface area contributed by atoms with Crippen molar-refractivity contribution < 1.29 is 9.13 Å². The molecule has 0 aromatic carbocycles. The van der Waals surface area contributed by atoms with Crippen LogP contribution in [0.4, 0.5) is 10.3 Å². The van der Waals surface area contributed by atoms with E-state index in [1.165, 1.54) is 0 Å². The van der Waals surface area contributed by atoms with Crippen LogP contribution in [0.3, 0.4) is 0 Å². The summed E-state index contributed by atoms with van der Waals surface area (Å²) in [6.45, 7) is 2.62. The molecule has 0 bridgehead atoms. The Morgan fingerprint density at radius 3 is 3.07 bits per heavy atom. The van der Waals surface area contributed by atoms with Crippen LogP contribution in [0.25, 0.3) is 22.4 Å². The number of alkyl halides is 1. The number of aromatic nitrogens is 6. The summed E-state index contributed by atoms with van der Waals surface area (Å²) in [5.41, 5.74) is 1.09. The van der Waals surface area contributed by atoms with E-state index in [0.717, 1.165) is 17.7 Å². The third-order valence-electron chi connectivity index (χ3n) is 5.34. The zero-order valence-corrected chi connectivity index (χ0v) is 16.1. The van der Waals surface area contributed by atoms with Gasteiger partial charge in [0.2, 0.25) is 17.6 Å². The number of hydrogen-bond donors (Lipinski definition) is 2. The van der Waals surface area contributed by atoms with Crippen molar-refractivity contribution in [3.63, 3.8) is 0 Å². The minimum absolute atomic E-state index is 0.293. The topological polar surface area (TPSA) is 93.7 Å². The number of rotatable bonds is 4. The smallest absolute Gasteiger partial charge is 0.244 e. The van der Waals surface area contributed by atoms with E-state index in [0.29, 0.717) is 36.1 Å². The summed E-state index contributed by atoms with van der Waals surface area (Å²) >= 11 is 0. The molecule has 0 spiro atoms. The first-order chi connectivity index (χ1) is 14.0. The molecule has 5 rings (SSSR count). The Labute approximate surface area is 165 Å². The van der Waals surface area contributed by atoms with Gasteiger partial charge in [-0.25, -0.2) is 18.9 Å². The van der Waals surface area contributed by atoms with Gasteiger partial charge in [-0.3, -0.25) is 4.40 Å². The molecule has 2 atom stereocenters. The lowest BCUT2D eigenvalue weighted by Gasteiger charge is -2.35. The minimum Gasteiger partial charge on any atom is -0.479 e. The van der Waals surface area contributed by atoms with Crippen LogP contribution in [0.1, 0.15) is 13.3 Å². The Kier molecular flexibility index (Phi) is 4.09. The molecular weight excluding hydrogens is 375 g/mol. The van der Waals surface area contributed by atoms with E-state index in [-0.39, 0.29) is 6.04 Å². The normalized spacial score (nSPS) is 22.2. The highest BCUT2D eigenvalue weighted by Crippen LogP contribution is 2.32. The standard InChI is InChI=1S/C19H21FN8O/c1-19(20)11-21-5-3-14(19)24-17-25-16(29-2)15-13(4-7-28(15)26-17)12-9-23-18-22-6-8-27(18)10-12/h4,6-10,14,21H,3,5,11H2,1-2H3,(H,24,26)/t14-,19?/m1/s1. The van der Waals surface area contributed by atoms with Crippen LogP contribution in [-0.4, -0.2) is 60.9 Å². The Hall–Kier alpha value is -3.27. The predicted octanol–water partition coefficient (Wildman–Crippen LogP) is 1.95. The first-order valence-corrected chi connectivity index (χ1v) is 9.44. The van der Waals surface area contributed by atoms with Crippen molar-refractivity contribution in [1.29, 1.82) is 0 Å². The summed E-state index contributed by atoms with van der Waals surface area (Å²) in [7, 11) is 1.56. The van der Waals surface area contributed by atoms with Crippen LogP contribution in [0.5, 0.6) is 5.88 Å². The minimum atomic E-state index is -1.39. The van der Waals surface area contributed by atoms with Crippen LogP contribution < -0.4 is 15.4 Å². The number of fused-ring (bicyclic) bond motifs is 2. The second kappa shape index (κ2) is 6.66. The molecule has 1 aliphatic heterocycles. The summed E-state index contributed by atoms with van der Waals surface area (Å²) < 4.78 is 23.9. The molecule has 5 heterocycles. The lowest BCUT2D eigenvalue weighted by molar-refractivity contribution is 0.127. The molecule has 4 aromatic rings. The van der Waals surface area contributed by atoms with Gasteiger partial charge in [-0.2, -0.15) is 4.98 Å². The molecule has 10 heteroatoms. The number of hydrogen-bond acceptors (Lipinski definition) is 7. The highest BCUT2D eigenvalue weighted by Gasteiger charge is 2.37. The SMILES string of the molecule is COc1nc(N[C@@H]2CCNCC2(C)F)nn2ccc(-c3cnc4nccn4c3)c12. The first-order valence-electron chi connectivity index (χ1n) is 9.44. The average molecular weight is 396 g/mol. The molecule has 0 saturated carbocycles. The fourth-order valence-electron chi connectivity index (χ4n) is 3.77. The van der Waals surface area contributed by atoms with Crippen LogP contribution in [0.15, 0.2) is 37.1 Å². The Morgan fingerprint density at radius 1 is 1.34 bits per heavy atom. The maximum absolute atomic E-state index is 14.8. The van der Waals surface area contributed by atoms with Gasteiger partial charge < -0.3 is 15.4 Å². The van der Waals surface area contributed by atoms with Gasteiger partial charge in [0.1, 0.15) is 11.2 Å². The number of methoxy groups -OCH3 is 1. The Morgan fingerprint density at radius 2 is 2.24 bits per heavy atom. The number of anilines is 1. The third kappa shape index (κ3) is 3.05. The van der Waals surface area contributed by atoms with E-state index in [1.807, 2.05) is 29.1 Å². The zero-order valence-electron chi connectivity index (χ0n) is 16.1. The number of imidazole rings is 1. The van der Waals surface area contributed by atoms with Crippen LogP contribution >= 0.6 is 0 Å². The quantitative estimate of drug-likeness (QED) is 0.545. The Bertz CT molecular complexity index is 1180. The van der Waals surface area contributed by atoms with Gasteiger partial charge in [0.05, 0.1) is 13.2 Å². The van der Waals surface area contributed by atoms with Crippen molar-refractivity contribution in [2.75, 3.05) is 25.5 Å². The molecule has 1 fully saturated rings. The summed E-state index contributed by atoms with van der Waals surface area (Å²) in [5.74, 6) is 1.36. The molecule has 2 N–H and O–H groups in total. The number of nitrogens with zero attached hydrogens (tertiary/aromatic N) is 6. The Balaban J connectivity index is 1.55. The van der Waals surface area contributed by atoms with E-state index >= 15 is 0 Å². The summed E-state index contributed by atoms with van der Waals surface area (Å²) in [6.07, 6.45) is 9.71. The lowest BCUT2D eigenvalue weighted by Crippen LogP contribution is -2.53. The van der Waals surface area contributed by atoms with Gasteiger partial charge in [0, 0.05) is 48.7 Å². The molecule has 150 valence electrons. The molecule has 29 heavy (non-hydrogen) atoms. The average Bonchev–Trinajstić information content (AvgIpc) is 3.35. The van der Waals surface area contributed by atoms with Crippen LogP contribution in [0, 0.1) is 0 Å². The molecule has 1 unspecified atom stereocenters. The van der Waals surface area contributed by atoms with E-state index in [2.05, 4.69) is 30.7 Å². The largest absolute Gasteiger partial charge is 0.479 e. The van der Waals surface area contributed by atoms with Gasteiger partial charge >= 0.3 is 0 Å². The third-order valence-corrected chi connectivity index (χ3v) is 5.34. The van der Waals surface area contributed by atoms with E-state index < -0.39 is 5.67 Å². The van der Waals surface area contributed by atoms with E-state index in [9.17, 15) is 4.39 Å². The first kappa shape index (κ1) is 17.8. The fraction of sp³-hybridized carbons (Fsp3) is 0.368. The summed E-state index contributed by atoms with van der Waals surface area (Å²) in [5, 5.41) is 10.8. The number of ether oxygens (including phenoxy) is 1. The van der Waals surface area contributed by atoms with Gasteiger partial charge in [0.25, 0.3) is 0 Å². The maximum Gasteiger partial charge on any atom is 0.244 e. The monoisotopic (exact) mass is 396 g/mol. The number of piperidine rings is 1. The lowest BCUT2D eigenvalue weighted by atomic mass is 9.92. The van der Waals surface area contributed by atoms with Gasteiger partial charge in [-0.15, -0.1) is 5.10 Å². The number of halogens is 1. The van der Waals surface area contributed by atoms with Crippen molar-refractivity contribution in [3.05, 3.63) is 37.1 Å². The van der Waals surface area contributed by atoms with Gasteiger partial charge in [0.15, 0.2) is 0 Å². The van der Waals surface area contributed by atoms with Gasteiger partial charge in [-0.1, -0.05) is 0 Å². The van der Waals surface area contributed by atoms with E-state index in [4.69, 9.17) is 4.74 Å². The van der Waals surface area contributed by atoms with Crippen molar-refractivity contribution in [1.82, 2.24) is 34.3 Å². The second-order valence-corrected chi connectivity index (χ2v) is 7.38. The van der Waals surface area contributed by atoms with E-state index in [1.54, 1.807) is 30.9 Å². The second-order valence-electron chi connectivity index (χ2n) is 7.38. The molecular formula is C19H21FN8O. The molecule has 1 saturated heterocycles. The molecule has 4 aromatic heterocycles. The molecule has 9 nitrogen and oxygen atoms in total. The molecule has 0 aliphatic carbocycles. The number of nitrogens with one attached hydrogen (secondary N) is 2. The molecule has 1 aliphatic rings. The zero-order chi connectivity index (χ0) is 20.0. The molecule has 0 amide bonds. The summed E-state index contributed by atoms with van der Waals surface area (Å²) in [4.78, 5) is 13.0. The fourth-order valence-corrected chi connectivity index (χ4v) is 3.77. The molecule has 0 radical (unpaired) electrons. The summed E-state index contributed by atoms with van der Waals surface area (Å²) in [6, 6.07) is 1.55.